The van der Waals surface area contributed by atoms with Crippen molar-refractivity contribution in [3.8, 4) is 5.69 Å². The molecule has 0 unspecified atom stereocenters. The van der Waals surface area contributed by atoms with Gasteiger partial charge < -0.3 is 5.32 Å². The summed E-state index contributed by atoms with van der Waals surface area (Å²) in [5.74, 6) is 0.727. The molecule has 5 nitrogen and oxygen atoms in total. The van der Waals surface area contributed by atoms with E-state index in [4.69, 9.17) is 11.6 Å². The van der Waals surface area contributed by atoms with E-state index in [1.54, 1.807) is 10.7 Å². The van der Waals surface area contributed by atoms with Crippen molar-refractivity contribution in [1.82, 2.24) is 25.5 Å². The molecule has 0 aliphatic heterocycles. The Kier molecular flexibility index (Phi) is 3.52. The number of aromatic nitrogens is 4. The molecule has 0 amide bonds. The molecule has 2 rings (SSSR count). The summed E-state index contributed by atoms with van der Waals surface area (Å²) in [6, 6.07) is 5.55. The Labute approximate surface area is 106 Å². The highest BCUT2D eigenvalue weighted by Crippen LogP contribution is 2.28. The zero-order valence-corrected chi connectivity index (χ0v) is 10.8. The highest BCUT2D eigenvalue weighted by atomic mass is 79.9. The van der Waals surface area contributed by atoms with E-state index in [2.05, 4.69) is 36.8 Å². The number of hydrogen-bond donors (Lipinski definition) is 1. The molecule has 0 aliphatic carbocycles. The SMILES string of the molecule is CNCc1nnnn1-c1cccc(Cl)c1Br. The van der Waals surface area contributed by atoms with Crippen molar-refractivity contribution in [3.05, 3.63) is 33.5 Å². The van der Waals surface area contributed by atoms with E-state index in [1.807, 2.05) is 19.2 Å². The van der Waals surface area contributed by atoms with Gasteiger partial charge in [0.15, 0.2) is 5.82 Å². The number of rotatable bonds is 3. The van der Waals surface area contributed by atoms with Crippen LogP contribution in [0, 0.1) is 0 Å². The highest BCUT2D eigenvalue weighted by molar-refractivity contribution is 9.10. The summed E-state index contributed by atoms with van der Waals surface area (Å²) in [4.78, 5) is 0. The number of tetrazole rings is 1. The molecule has 0 saturated carbocycles. The zero-order chi connectivity index (χ0) is 11.5. The largest absolute Gasteiger partial charge is 0.313 e. The van der Waals surface area contributed by atoms with Crippen LogP contribution in [0.1, 0.15) is 5.82 Å². The quantitative estimate of drug-likeness (QED) is 0.939. The second-order valence-corrected chi connectivity index (χ2v) is 4.31. The molecule has 0 saturated heterocycles. The van der Waals surface area contributed by atoms with E-state index >= 15 is 0 Å². The maximum absolute atomic E-state index is 6.02. The molecule has 1 N–H and O–H groups in total. The minimum Gasteiger partial charge on any atom is -0.313 e. The van der Waals surface area contributed by atoms with E-state index in [0.717, 1.165) is 16.0 Å². The van der Waals surface area contributed by atoms with Crippen LogP contribution in [0.5, 0.6) is 0 Å². The van der Waals surface area contributed by atoms with Gasteiger partial charge in [-0.25, -0.2) is 0 Å². The van der Waals surface area contributed by atoms with Crippen LogP contribution in [0.15, 0.2) is 22.7 Å². The lowest BCUT2D eigenvalue weighted by molar-refractivity contribution is 0.707. The lowest BCUT2D eigenvalue weighted by Gasteiger charge is -2.07. The highest BCUT2D eigenvalue weighted by Gasteiger charge is 2.11. The summed E-state index contributed by atoms with van der Waals surface area (Å²) in [5, 5.41) is 15.1. The number of hydrogen-bond acceptors (Lipinski definition) is 4. The molecule has 0 bridgehead atoms. The summed E-state index contributed by atoms with van der Waals surface area (Å²) in [6.45, 7) is 0.589. The summed E-state index contributed by atoms with van der Waals surface area (Å²) < 4.78 is 2.42. The second kappa shape index (κ2) is 4.90. The average molecular weight is 303 g/mol. The van der Waals surface area contributed by atoms with Crippen LogP contribution in [0.4, 0.5) is 0 Å². The minimum absolute atomic E-state index is 0.589. The fraction of sp³-hybridized carbons (Fsp3) is 0.222. The van der Waals surface area contributed by atoms with E-state index in [0.29, 0.717) is 11.6 Å². The molecule has 16 heavy (non-hydrogen) atoms. The Bertz CT molecular complexity index is 498. The zero-order valence-electron chi connectivity index (χ0n) is 8.48. The molecule has 0 aliphatic rings. The van der Waals surface area contributed by atoms with Crippen LogP contribution in [0.25, 0.3) is 5.69 Å². The van der Waals surface area contributed by atoms with Crippen LogP contribution in [-0.4, -0.2) is 27.3 Å². The van der Waals surface area contributed by atoms with Crippen molar-refractivity contribution in [2.75, 3.05) is 7.05 Å². The van der Waals surface area contributed by atoms with Crippen molar-refractivity contribution in [2.45, 2.75) is 6.54 Å². The van der Waals surface area contributed by atoms with E-state index in [1.165, 1.54) is 0 Å². The van der Waals surface area contributed by atoms with Gasteiger partial charge in [-0.1, -0.05) is 17.7 Å². The van der Waals surface area contributed by atoms with Crippen LogP contribution >= 0.6 is 27.5 Å². The normalized spacial score (nSPS) is 10.7. The lowest BCUT2D eigenvalue weighted by atomic mass is 10.3. The monoisotopic (exact) mass is 301 g/mol. The Morgan fingerprint density at radius 1 is 1.50 bits per heavy atom. The fourth-order valence-corrected chi connectivity index (χ4v) is 1.92. The van der Waals surface area contributed by atoms with Crippen LogP contribution in [-0.2, 0) is 6.54 Å². The molecular formula is C9H9BrClN5. The van der Waals surface area contributed by atoms with Gasteiger partial charge >= 0.3 is 0 Å². The smallest absolute Gasteiger partial charge is 0.170 e. The first kappa shape index (κ1) is 11.5. The van der Waals surface area contributed by atoms with Gasteiger partial charge in [-0.05, 0) is 45.5 Å². The maximum Gasteiger partial charge on any atom is 0.170 e. The Hall–Kier alpha value is -0.980. The number of nitrogens with zero attached hydrogens (tertiary/aromatic N) is 4. The minimum atomic E-state index is 0.589. The summed E-state index contributed by atoms with van der Waals surface area (Å²) in [7, 11) is 1.84. The molecule has 0 fully saturated rings. The summed E-state index contributed by atoms with van der Waals surface area (Å²) in [5.41, 5.74) is 0.822. The van der Waals surface area contributed by atoms with E-state index in [-0.39, 0.29) is 0 Å². The van der Waals surface area contributed by atoms with Gasteiger partial charge in [0.25, 0.3) is 0 Å². The topological polar surface area (TPSA) is 55.6 Å². The third-order valence-electron chi connectivity index (χ3n) is 2.03. The van der Waals surface area contributed by atoms with E-state index < -0.39 is 0 Å². The van der Waals surface area contributed by atoms with Crippen molar-refractivity contribution in [1.29, 1.82) is 0 Å². The van der Waals surface area contributed by atoms with Crippen LogP contribution < -0.4 is 5.32 Å². The second-order valence-electron chi connectivity index (χ2n) is 3.11. The molecule has 84 valence electrons. The van der Waals surface area contributed by atoms with Crippen molar-refractivity contribution in [2.24, 2.45) is 0 Å². The van der Waals surface area contributed by atoms with Crippen molar-refractivity contribution < 1.29 is 0 Å². The van der Waals surface area contributed by atoms with Crippen molar-refractivity contribution >= 4 is 27.5 Å². The Balaban J connectivity index is 2.50. The molecule has 1 heterocycles. The number of nitrogens with one attached hydrogen (secondary N) is 1. The molecule has 1 aromatic carbocycles. The molecule has 0 atom stereocenters. The first-order valence-corrected chi connectivity index (χ1v) is 5.77. The summed E-state index contributed by atoms with van der Waals surface area (Å²) >= 11 is 9.43. The van der Waals surface area contributed by atoms with Crippen LogP contribution in [0.2, 0.25) is 5.02 Å². The van der Waals surface area contributed by atoms with E-state index in [9.17, 15) is 0 Å². The van der Waals surface area contributed by atoms with Gasteiger partial charge in [0.2, 0.25) is 0 Å². The van der Waals surface area contributed by atoms with Gasteiger partial charge in [-0.15, -0.1) is 5.10 Å². The third-order valence-corrected chi connectivity index (χ3v) is 3.41. The maximum atomic E-state index is 6.02. The third kappa shape index (κ3) is 2.09. The van der Waals surface area contributed by atoms with Crippen molar-refractivity contribution in [3.63, 3.8) is 0 Å². The molecule has 7 heteroatoms. The van der Waals surface area contributed by atoms with Gasteiger partial charge in [0.05, 0.1) is 21.7 Å². The Morgan fingerprint density at radius 2 is 2.31 bits per heavy atom. The first-order valence-electron chi connectivity index (χ1n) is 4.60. The molecule has 2 aromatic rings. The molecule has 0 spiro atoms. The standard InChI is InChI=1S/C9H9BrClN5/c1-12-5-8-13-14-15-16(8)7-4-2-3-6(11)9(7)10/h2-4,12H,5H2,1H3. The fourth-order valence-electron chi connectivity index (χ4n) is 1.32. The van der Waals surface area contributed by atoms with Gasteiger partial charge in [0.1, 0.15) is 0 Å². The summed E-state index contributed by atoms with van der Waals surface area (Å²) in [6.07, 6.45) is 0. The Morgan fingerprint density at radius 3 is 3.06 bits per heavy atom. The van der Waals surface area contributed by atoms with Crippen LogP contribution in [0.3, 0.4) is 0 Å². The molecule has 1 aromatic heterocycles. The van der Waals surface area contributed by atoms with Gasteiger partial charge in [-0.2, -0.15) is 4.68 Å². The first-order chi connectivity index (χ1) is 7.74. The predicted molar refractivity (Wildman–Crippen MR) is 64.6 cm³/mol. The molecular weight excluding hydrogens is 293 g/mol. The lowest BCUT2D eigenvalue weighted by Crippen LogP contribution is -2.12. The molecule has 0 radical (unpaired) electrons. The number of benzene rings is 1. The predicted octanol–water partition coefficient (Wildman–Crippen LogP) is 1.80. The van der Waals surface area contributed by atoms with Gasteiger partial charge in [0, 0.05) is 0 Å². The average Bonchev–Trinajstić information content (AvgIpc) is 2.71. The van der Waals surface area contributed by atoms with Gasteiger partial charge in [-0.3, -0.25) is 0 Å². The number of halogens is 2.